The highest BCUT2D eigenvalue weighted by Gasteiger charge is 2.17. The van der Waals surface area contributed by atoms with Crippen LogP contribution in [0, 0.1) is 5.92 Å². The van der Waals surface area contributed by atoms with E-state index in [1.165, 1.54) is 31.4 Å². The van der Waals surface area contributed by atoms with E-state index in [-0.39, 0.29) is 0 Å². The largest absolute Gasteiger partial charge is 0.389 e. The van der Waals surface area contributed by atoms with Gasteiger partial charge >= 0.3 is 0 Å². The first kappa shape index (κ1) is 13.9. The Labute approximate surface area is 118 Å². The van der Waals surface area contributed by atoms with Gasteiger partial charge in [-0.05, 0) is 43.4 Å². The van der Waals surface area contributed by atoms with E-state index in [1.54, 1.807) is 6.92 Å². The molecule has 1 aliphatic rings. The van der Waals surface area contributed by atoms with E-state index >= 15 is 0 Å². The molecule has 1 atom stereocenters. The Bertz CT molecular complexity index is 399. The molecule has 0 aromatic heterocycles. The van der Waals surface area contributed by atoms with Crippen molar-refractivity contribution in [1.29, 1.82) is 0 Å². The van der Waals surface area contributed by atoms with Crippen molar-refractivity contribution in [2.45, 2.75) is 38.7 Å². The van der Waals surface area contributed by atoms with Crippen LogP contribution >= 0.6 is 15.9 Å². The highest BCUT2D eigenvalue weighted by molar-refractivity contribution is 9.10. The topological polar surface area (TPSA) is 23.5 Å². The van der Waals surface area contributed by atoms with E-state index in [1.807, 2.05) is 6.07 Å². The fourth-order valence-corrected chi connectivity index (χ4v) is 3.48. The molecule has 0 aliphatic heterocycles. The summed E-state index contributed by atoms with van der Waals surface area (Å²) in [6.45, 7) is 2.93. The van der Waals surface area contributed by atoms with E-state index in [2.05, 4.69) is 40.0 Å². The molecule has 1 aromatic carbocycles. The molecular formula is C15H22BrNO. The number of aliphatic hydroxyl groups excluding tert-OH is 1. The molecule has 18 heavy (non-hydrogen) atoms. The third-order valence-corrected chi connectivity index (χ3v) is 4.57. The van der Waals surface area contributed by atoms with Crippen LogP contribution in [0.4, 0.5) is 5.69 Å². The van der Waals surface area contributed by atoms with Crippen molar-refractivity contribution in [2.24, 2.45) is 5.92 Å². The van der Waals surface area contributed by atoms with Gasteiger partial charge in [0.25, 0.3) is 0 Å². The molecule has 0 spiro atoms. The van der Waals surface area contributed by atoms with Crippen molar-refractivity contribution in [1.82, 2.24) is 0 Å². The van der Waals surface area contributed by atoms with Crippen LogP contribution in [0.15, 0.2) is 22.7 Å². The molecule has 2 nitrogen and oxygen atoms in total. The van der Waals surface area contributed by atoms with Crippen molar-refractivity contribution in [2.75, 3.05) is 18.5 Å². The summed E-state index contributed by atoms with van der Waals surface area (Å²) in [5.41, 5.74) is 2.17. The Morgan fingerprint density at radius 1 is 1.39 bits per heavy atom. The van der Waals surface area contributed by atoms with Gasteiger partial charge in [0, 0.05) is 23.8 Å². The molecule has 3 heteroatoms. The molecule has 0 bridgehead atoms. The second-order valence-electron chi connectivity index (χ2n) is 5.41. The normalized spacial score (nSPS) is 18.0. The average Bonchev–Trinajstić information content (AvgIpc) is 2.81. The number of rotatable bonds is 4. The van der Waals surface area contributed by atoms with Gasteiger partial charge in [-0.2, -0.15) is 0 Å². The van der Waals surface area contributed by atoms with Gasteiger partial charge in [0.05, 0.1) is 6.10 Å². The van der Waals surface area contributed by atoms with Crippen molar-refractivity contribution in [3.05, 3.63) is 28.2 Å². The summed E-state index contributed by atoms with van der Waals surface area (Å²) < 4.78 is 0.994. The van der Waals surface area contributed by atoms with Crippen LogP contribution in [0.3, 0.4) is 0 Å². The molecule has 1 N–H and O–H groups in total. The zero-order valence-electron chi connectivity index (χ0n) is 11.2. The summed E-state index contributed by atoms with van der Waals surface area (Å²) in [7, 11) is 2.15. The van der Waals surface area contributed by atoms with E-state index in [0.29, 0.717) is 0 Å². The zero-order valence-corrected chi connectivity index (χ0v) is 12.8. The van der Waals surface area contributed by atoms with E-state index < -0.39 is 6.10 Å². The van der Waals surface area contributed by atoms with Crippen molar-refractivity contribution in [3.63, 3.8) is 0 Å². The summed E-state index contributed by atoms with van der Waals surface area (Å²) in [6, 6.07) is 6.22. The molecule has 2 rings (SSSR count). The molecule has 0 unspecified atom stereocenters. The summed E-state index contributed by atoms with van der Waals surface area (Å²) in [6.07, 6.45) is 5.11. The van der Waals surface area contributed by atoms with Gasteiger partial charge in [0.1, 0.15) is 0 Å². The Hall–Kier alpha value is -0.540. The lowest BCUT2D eigenvalue weighted by Gasteiger charge is -2.24. The van der Waals surface area contributed by atoms with Crippen LogP contribution in [-0.2, 0) is 0 Å². The molecule has 1 aromatic rings. The summed E-state index contributed by atoms with van der Waals surface area (Å²) in [5, 5.41) is 9.62. The highest BCUT2D eigenvalue weighted by atomic mass is 79.9. The SMILES string of the molecule is C[C@@H](O)c1ccc(N(C)CC2CCCC2)cc1Br. The minimum absolute atomic E-state index is 0.423. The third kappa shape index (κ3) is 3.27. The number of hydrogen-bond donors (Lipinski definition) is 1. The molecule has 1 saturated carbocycles. The van der Waals surface area contributed by atoms with E-state index in [0.717, 1.165) is 22.5 Å². The number of nitrogens with zero attached hydrogens (tertiary/aromatic N) is 1. The first-order valence-corrected chi connectivity index (χ1v) is 7.56. The molecular weight excluding hydrogens is 290 g/mol. The minimum Gasteiger partial charge on any atom is -0.389 e. The zero-order chi connectivity index (χ0) is 13.1. The molecule has 1 aliphatic carbocycles. The standard InChI is InChI=1S/C15H22BrNO/c1-11(18)14-8-7-13(9-15(14)16)17(2)10-12-5-3-4-6-12/h7-9,11-12,18H,3-6,10H2,1-2H3/t11-/m1/s1. The van der Waals surface area contributed by atoms with Crippen LogP contribution in [-0.4, -0.2) is 18.7 Å². The lowest BCUT2D eigenvalue weighted by molar-refractivity contribution is 0.198. The summed E-state index contributed by atoms with van der Waals surface area (Å²) in [4.78, 5) is 2.33. The molecule has 100 valence electrons. The van der Waals surface area contributed by atoms with Crippen LogP contribution < -0.4 is 4.90 Å². The molecule has 1 fully saturated rings. The number of hydrogen-bond acceptors (Lipinski definition) is 2. The minimum atomic E-state index is -0.423. The maximum atomic E-state index is 9.62. The van der Waals surface area contributed by atoms with Gasteiger partial charge < -0.3 is 10.0 Å². The van der Waals surface area contributed by atoms with Crippen LogP contribution in [0.5, 0.6) is 0 Å². The Morgan fingerprint density at radius 3 is 2.61 bits per heavy atom. The second-order valence-corrected chi connectivity index (χ2v) is 6.27. The Kier molecular flexibility index (Phi) is 4.68. The van der Waals surface area contributed by atoms with Gasteiger partial charge in [-0.3, -0.25) is 0 Å². The Balaban J connectivity index is 2.05. The van der Waals surface area contributed by atoms with Crippen molar-refractivity contribution < 1.29 is 5.11 Å². The summed E-state index contributed by atoms with van der Waals surface area (Å²) in [5.74, 6) is 0.852. The number of aliphatic hydroxyl groups is 1. The maximum Gasteiger partial charge on any atom is 0.0772 e. The fourth-order valence-electron chi connectivity index (χ4n) is 2.78. The maximum absolute atomic E-state index is 9.62. The van der Waals surface area contributed by atoms with Gasteiger partial charge in [-0.15, -0.1) is 0 Å². The monoisotopic (exact) mass is 311 g/mol. The predicted molar refractivity (Wildman–Crippen MR) is 80.0 cm³/mol. The molecule has 0 radical (unpaired) electrons. The van der Waals surface area contributed by atoms with Gasteiger partial charge in [0.2, 0.25) is 0 Å². The number of anilines is 1. The summed E-state index contributed by atoms with van der Waals surface area (Å²) >= 11 is 3.54. The van der Waals surface area contributed by atoms with Crippen LogP contribution in [0.2, 0.25) is 0 Å². The first-order valence-electron chi connectivity index (χ1n) is 6.76. The number of benzene rings is 1. The smallest absolute Gasteiger partial charge is 0.0772 e. The average molecular weight is 312 g/mol. The van der Waals surface area contributed by atoms with Crippen LogP contribution in [0.25, 0.3) is 0 Å². The highest BCUT2D eigenvalue weighted by Crippen LogP contribution is 2.30. The number of halogens is 1. The third-order valence-electron chi connectivity index (χ3n) is 3.88. The van der Waals surface area contributed by atoms with Crippen LogP contribution in [0.1, 0.15) is 44.3 Å². The van der Waals surface area contributed by atoms with Crippen molar-refractivity contribution >= 4 is 21.6 Å². The first-order chi connectivity index (χ1) is 8.58. The van der Waals surface area contributed by atoms with Gasteiger partial charge in [-0.1, -0.05) is 34.8 Å². The van der Waals surface area contributed by atoms with Gasteiger partial charge in [-0.25, -0.2) is 0 Å². The van der Waals surface area contributed by atoms with Gasteiger partial charge in [0.15, 0.2) is 0 Å². The van der Waals surface area contributed by atoms with E-state index in [4.69, 9.17) is 0 Å². The lowest BCUT2D eigenvalue weighted by Crippen LogP contribution is -2.24. The predicted octanol–water partition coefficient (Wildman–Crippen LogP) is 4.13. The second kappa shape index (κ2) is 6.07. The molecule has 0 amide bonds. The van der Waals surface area contributed by atoms with Crippen molar-refractivity contribution in [3.8, 4) is 0 Å². The quantitative estimate of drug-likeness (QED) is 0.903. The fraction of sp³-hybridized carbons (Fsp3) is 0.600. The molecule has 0 heterocycles. The molecule has 0 saturated heterocycles. The lowest BCUT2D eigenvalue weighted by atomic mass is 10.1. The Morgan fingerprint density at radius 2 is 2.06 bits per heavy atom. The van der Waals surface area contributed by atoms with E-state index in [9.17, 15) is 5.11 Å².